The maximum Gasteiger partial charge on any atom is 0.0597 e. The molecule has 0 aromatic heterocycles. The lowest BCUT2D eigenvalue weighted by Gasteiger charge is -2.39. The molecular weight excluding hydrogens is 222 g/mol. The lowest BCUT2D eigenvalue weighted by Crippen LogP contribution is -2.46. The molecule has 0 bridgehead atoms. The Kier molecular flexibility index (Phi) is 4.71. The van der Waals surface area contributed by atoms with Gasteiger partial charge in [0.2, 0.25) is 0 Å². The van der Waals surface area contributed by atoms with Crippen LogP contribution in [0.1, 0.15) is 59.8 Å². The molecule has 1 aliphatic heterocycles. The Bertz CT molecular complexity index is 268. The molecule has 2 heteroatoms. The van der Waals surface area contributed by atoms with Crippen LogP contribution in [-0.4, -0.2) is 18.2 Å². The molecule has 1 saturated heterocycles. The van der Waals surface area contributed by atoms with Crippen LogP contribution in [0.4, 0.5) is 0 Å². The average molecular weight is 253 g/mol. The van der Waals surface area contributed by atoms with E-state index >= 15 is 0 Å². The normalized spacial score (nSPS) is 47.2. The Balaban J connectivity index is 2.07. The van der Waals surface area contributed by atoms with Gasteiger partial charge in [0.1, 0.15) is 0 Å². The van der Waals surface area contributed by atoms with Crippen molar-refractivity contribution < 1.29 is 4.74 Å². The summed E-state index contributed by atoms with van der Waals surface area (Å²) in [6.07, 6.45) is 7.52. The van der Waals surface area contributed by atoms with Crippen LogP contribution < -0.4 is 5.73 Å². The van der Waals surface area contributed by atoms with E-state index in [1.807, 2.05) is 0 Å². The Labute approximate surface area is 113 Å². The minimum Gasteiger partial charge on any atom is -0.375 e. The van der Waals surface area contributed by atoms with E-state index in [0.29, 0.717) is 30.1 Å². The predicted octanol–water partition coefficient (Wildman–Crippen LogP) is 3.59. The highest BCUT2D eigenvalue weighted by Crippen LogP contribution is 2.42. The molecule has 2 nitrogen and oxygen atoms in total. The van der Waals surface area contributed by atoms with Crippen molar-refractivity contribution in [1.82, 2.24) is 0 Å². The highest BCUT2D eigenvalue weighted by molar-refractivity contribution is 4.95. The van der Waals surface area contributed by atoms with Gasteiger partial charge in [0.25, 0.3) is 0 Å². The molecule has 1 heterocycles. The van der Waals surface area contributed by atoms with E-state index in [9.17, 15) is 0 Å². The van der Waals surface area contributed by atoms with Crippen LogP contribution in [0.3, 0.4) is 0 Å². The van der Waals surface area contributed by atoms with Crippen molar-refractivity contribution in [3.05, 3.63) is 0 Å². The lowest BCUT2D eigenvalue weighted by molar-refractivity contribution is 0.0425. The lowest BCUT2D eigenvalue weighted by atomic mass is 9.68. The van der Waals surface area contributed by atoms with E-state index in [1.165, 1.54) is 32.1 Å². The zero-order chi connectivity index (χ0) is 13.3. The van der Waals surface area contributed by atoms with Gasteiger partial charge in [0, 0.05) is 12.0 Å². The van der Waals surface area contributed by atoms with E-state index in [2.05, 4.69) is 27.7 Å². The monoisotopic (exact) mass is 253 g/mol. The third-order valence-electron chi connectivity index (χ3n) is 5.75. The molecule has 18 heavy (non-hydrogen) atoms. The fourth-order valence-electron chi connectivity index (χ4n) is 4.49. The van der Waals surface area contributed by atoms with E-state index in [0.717, 1.165) is 11.8 Å². The summed E-state index contributed by atoms with van der Waals surface area (Å²) >= 11 is 0. The maximum absolute atomic E-state index is 6.68. The van der Waals surface area contributed by atoms with Gasteiger partial charge in [-0.15, -0.1) is 0 Å². The third kappa shape index (κ3) is 2.60. The van der Waals surface area contributed by atoms with Gasteiger partial charge in [0.15, 0.2) is 0 Å². The van der Waals surface area contributed by atoms with E-state index in [1.54, 1.807) is 0 Å². The molecule has 7 unspecified atom stereocenters. The first-order valence-corrected chi connectivity index (χ1v) is 7.97. The van der Waals surface area contributed by atoms with Crippen molar-refractivity contribution in [1.29, 1.82) is 0 Å². The minimum absolute atomic E-state index is 0.337. The van der Waals surface area contributed by atoms with Crippen molar-refractivity contribution in [2.24, 2.45) is 29.4 Å². The molecule has 0 radical (unpaired) electrons. The predicted molar refractivity (Wildman–Crippen MR) is 76.4 cm³/mol. The van der Waals surface area contributed by atoms with Gasteiger partial charge in [-0.25, -0.2) is 0 Å². The fraction of sp³-hybridized carbons (Fsp3) is 1.00. The van der Waals surface area contributed by atoms with Crippen LogP contribution in [0.5, 0.6) is 0 Å². The van der Waals surface area contributed by atoms with Crippen molar-refractivity contribution in [2.75, 3.05) is 0 Å². The smallest absolute Gasteiger partial charge is 0.0597 e. The van der Waals surface area contributed by atoms with Crippen LogP contribution in [-0.2, 0) is 4.74 Å². The summed E-state index contributed by atoms with van der Waals surface area (Å²) in [6.45, 7) is 9.07. The third-order valence-corrected chi connectivity index (χ3v) is 5.75. The molecule has 2 aliphatic rings. The summed E-state index contributed by atoms with van der Waals surface area (Å²) in [5.74, 6) is 2.74. The highest BCUT2D eigenvalue weighted by Gasteiger charge is 2.44. The van der Waals surface area contributed by atoms with E-state index in [4.69, 9.17) is 10.5 Å². The molecule has 0 spiro atoms. The van der Waals surface area contributed by atoms with Crippen LogP contribution in [0.25, 0.3) is 0 Å². The van der Waals surface area contributed by atoms with Crippen molar-refractivity contribution in [3.8, 4) is 0 Å². The fourth-order valence-corrected chi connectivity index (χ4v) is 4.49. The molecule has 0 amide bonds. The standard InChI is InChI=1S/C16H31NO/c1-5-13-8-6-7-9-14(13)16(17)15-10(2)11(3)18-12(15)4/h10-16H,5-9,17H2,1-4H3. The summed E-state index contributed by atoms with van der Waals surface area (Å²) in [6, 6.07) is 0.338. The Hall–Kier alpha value is -0.0800. The van der Waals surface area contributed by atoms with Crippen LogP contribution in [0.2, 0.25) is 0 Å². The summed E-state index contributed by atoms with van der Waals surface area (Å²) in [4.78, 5) is 0. The van der Waals surface area contributed by atoms with Crippen molar-refractivity contribution >= 4 is 0 Å². The Morgan fingerprint density at radius 2 is 1.78 bits per heavy atom. The molecule has 1 saturated carbocycles. The van der Waals surface area contributed by atoms with Gasteiger partial charge in [0.05, 0.1) is 12.2 Å². The Morgan fingerprint density at radius 3 is 2.33 bits per heavy atom. The number of hydrogen-bond acceptors (Lipinski definition) is 2. The van der Waals surface area contributed by atoms with Crippen LogP contribution >= 0.6 is 0 Å². The van der Waals surface area contributed by atoms with Gasteiger partial charge in [-0.2, -0.15) is 0 Å². The first-order chi connectivity index (χ1) is 8.56. The molecule has 2 rings (SSSR count). The number of rotatable bonds is 3. The molecule has 0 aromatic carbocycles. The summed E-state index contributed by atoms with van der Waals surface area (Å²) in [5, 5.41) is 0. The summed E-state index contributed by atoms with van der Waals surface area (Å²) in [5.41, 5.74) is 6.68. The average Bonchev–Trinajstić information content (AvgIpc) is 2.62. The maximum atomic E-state index is 6.68. The quantitative estimate of drug-likeness (QED) is 0.834. The summed E-state index contributed by atoms with van der Waals surface area (Å²) < 4.78 is 5.99. The highest BCUT2D eigenvalue weighted by atomic mass is 16.5. The SMILES string of the molecule is CCC1CCCCC1C(N)C1C(C)OC(C)C1C. The van der Waals surface area contributed by atoms with Crippen LogP contribution in [0.15, 0.2) is 0 Å². The molecule has 0 aromatic rings. The summed E-state index contributed by atoms with van der Waals surface area (Å²) in [7, 11) is 0. The van der Waals surface area contributed by atoms with Gasteiger partial charge in [-0.1, -0.05) is 39.5 Å². The second-order valence-electron chi connectivity index (χ2n) is 6.68. The first kappa shape index (κ1) is 14.3. The van der Waals surface area contributed by atoms with Crippen molar-refractivity contribution in [3.63, 3.8) is 0 Å². The van der Waals surface area contributed by atoms with Gasteiger partial charge in [-0.05, 0) is 38.0 Å². The molecule has 1 aliphatic carbocycles. The van der Waals surface area contributed by atoms with Gasteiger partial charge >= 0.3 is 0 Å². The van der Waals surface area contributed by atoms with Gasteiger partial charge in [-0.3, -0.25) is 0 Å². The number of hydrogen-bond donors (Lipinski definition) is 1. The second kappa shape index (κ2) is 5.92. The van der Waals surface area contributed by atoms with E-state index < -0.39 is 0 Å². The first-order valence-electron chi connectivity index (χ1n) is 7.97. The van der Waals surface area contributed by atoms with Gasteiger partial charge < -0.3 is 10.5 Å². The van der Waals surface area contributed by atoms with Crippen LogP contribution in [0, 0.1) is 23.7 Å². The Morgan fingerprint density at radius 1 is 1.11 bits per heavy atom. The van der Waals surface area contributed by atoms with Crippen molar-refractivity contribution in [2.45, 2.75) is 78.0 Å². The molecule has 106 valence electrons. The number of nitrogens with two attached hydrogens (primary N) is 1. The molecule has 7 atom stereocenters. The topological polar surface area (TPSA) is 35.2 Å². The molecule has 2 fully saturated rings. The zero-order valence-corrected chi connectivity index (χ0v) is 12.6. The van der Waals surface area contributed by atoms with E-state index in [-0.39, 0.29) is 0 Å². The molecular formula is C16H31NO. The number of ether oxygens (including phenoxy) is 1. The zero-order valence-electron chi connectivity index (χ0n) is 12.6. The second-order valence-corrected chi connectivity index (χ2v) is 6.68. The minimum atomic E-state index is 0.337. The largest absolute Gasteiger partial charge is 0.375 e. The molecule has 2 N–H and O–H groups in total.